The first-order valence-corrected chi connectivity index (χ1v) is 10.4. The van der Waals surface area contributed by atoms with Crippen LogP contribution in [-0.2, 0) is 14.6 Å². The summed E-state index contributed by atoms with van der Waals surface area (Å²) < 4.78 is 42.8. The largest absolute Gasteiger partial charge is 0.377 e. The third-order valence-corrected chi connectivity index (χ3v) is 5.84. The van der Waals surface area contributed by atoms with E-state index in [1.165, 1.54) is 6.26 Å². The third-order valence-electron chi connectivity index (χ3n) is 4.71. The number of nitrogens with one attached hydrogen (secondary N) is 2. The van der Waals surface area contributed by atoms with Gasteiger partial charge < -0.3 is 4.74 Å². The van der Waals surface area contributed by atoms with Gasteiger partial charge in [-0.05, 0) is 37.0 Å². The first kappa shape index (κ1) is 17.8. The van der Waals surface area contributed by atoms with E-state index in [0.717, 1.165) is 31.6 Å². The number of hydrogen-bond donors (Lipinski definition) is 2. The molecule has 4 atom stereocenters. The molecule has 2 fully saturated rings. The van der Waals surface area contributed by atoms with Crippen LogP contribution in [0, 0.1) is 0 Å². The monoisotopic (exact) mass is 356 g/mol. The first-order valence-electron chi connectivity index (χ1n) is 8.47. The van der Waals surface area contributed by atoms with Crippen LogP contribution in [-0.4, -0.2) is 46.3 Å². The summed E-state index contributed by atoms with van der Waals surface area (Å²) in [5.41, 5.74) is 0.911. The Hall–Kier alpha value is -1.02. The van der Waals surface area contributed by atoms with E-state index in [1.54, 1.807) is 24.3 Å². The van der Waals surface area contributed by atoms with E-state index in [1.807, 2.05) is 0 Å². The standard InChI is InChI=1S/C17H25FN2O3S/c1-24(21,22)15-6-4-12(5-7-15)16-9-13(18)10-17(20-16)19-11-14-3-2-8-23-14/h4-7,13-14,16-17,19-20H,2-3,8-11H2,1H3. The van der Waals surface area contributed by atoms with Gasteiger partial charge in [0, 0.05) is 31.9 Å². The molecule has 0 bridgehead atoms. The molecular formula is C17H25FN2O3S. The Morgan fingerprint density at radius 3 is 2.67 bits per heavy atom. The van der Waals surface area contributed by atoms with Gasteiger partial charge in [0.25, 0.3) is 0 Å². The number of hydrogen-bond acceptors (Lipinski definition) is 5. The lowest BCUT2D eigenvalue weighted by Crippen LogP contribution is -2.51. The molecule has 0 aliphatic carbocycles. The predicted molar refractivity (Wildman–Crippen MR) is 90.3 cm³/mol. The SMILES string of the molecule is CS(=O)(=O)c1ccc(C2CC(F)CC(NCC3CCCO3)N2)cc1. The van der Waals surface area contributed by atoms with E-state index in [9.17, 15) is 12.8 Å². The minimum absolute atomic E-state index is 0.0995. The fraction of sp³-hybridized carbons (Fsp3) is 0.647. The summed E-state index contributed by atoms with van der Waals surface area (Å²) in [6.45, 7) is 1.54. The zero-order valence-electron chi connectivity index (χ0n) is 13.9. The van der Waals surface area contributed by atoms with Crippen LogP contribution in [0.5, 0.6) is 0 Å². The van der Waals surface area contributed by atoms with Gasteiger partial charge in [-0.1, -0.05) is 12.1 Å². The summed E-state index contributed by atoms with van der Waals surface area (Å²) in [6.07, 6.45) is 3.40. The number of alkyl halides is 1. The summed E-state index contributed by atoms with van der Waals surface area (Å²) in [7, 11) is -3.21. The van der Waals surface area contributed by atoms with Crippen LogP contribution in [0.1, 0.15) is 37.3 Å². The van der Waals surface area contributed by atoms with Crippen molar-refractivity contribution >= 4 is 9.84 Å². The van der Waals surface area contributed by atoms with Gasteiger partial charge in [0.2, 0.25) is 0 Å². The highest BCUT2D eigenvalue weighted by Crippen LogP contribution is 2.28. The molecular weight excluding hydrogens is 331 g/mol. The highest BCUT2D eigenvalue weighted by molar-refractivity contribution is 7.90. The maximum atomic E-state index is 14.1. The second kappa shape index (κ2) is 7.47. The molecule has 0 radical (unpaired) electrons. The molecule has 5 nitrogen and oxygen atoms in total. The highest BCUT2D eigenvalue weighted by atomic mass is 32.2. The van der Waals surface area contributed by atoms with Crippen LogP contribution in [0.4, 0.5) is 4.39 Å². The Kier molecular flexibility index (Phi) is 5.54. The lowest BCUT2D eigenvalue weighted by molar-refractivity contribution is 0.0962. The van der Waals surface area contributed by atoms with Crippen molar-refractivity contribution in [3.8, 4) is 0 Å². The van der Waals surface area contributed by atoms with E-state index >= 15 is 0 Å². The molecule has 0 aromatic heterocycles. The normalized spacial score (nSPS) is 31.2. The van der Waals surface area contributed by atoms with Gasteiger partial charge in [-0.2, -0.15) is 0 Å². The minimum Gasteiger partial charge on any atom is -0.377 e. The summed E-state index contributed by atoms with van der Waals surface area (Å²) in [5, 5.41) is 6.78. The van der Waals surface area contributed by atoms with Gasteiger partial charge >= 0.3 is 0 Å². The van der Waals surface area contributed by atoms with Crippen molar-refractivity contribution in [3.05, 3.63) is 29.8 Å². The van der Waals surface area contributed by atoms with Crippen molar-refractivity contribution in [2.24, 2.45) is 0 Å². The number of benzene rings is 1. The van der Waals surface area contributed by atoms with Gasteiger partial charge in [0.15, 0.2) is 9.84 Å². The van der Waals surface area contributed by atoms with Gasteiger partial charge in [0.1, 0.15) is 6.17 Å². The number of sulfone groups is 1. The molecule has 134 valence electrons. The van der Waals surface area contributed by atoms with Crippen molar-refractivity contribution < 1.29 is 17.5 Å². The molecule has 24 heavy (non-hydrogen) atoms. The van der Waals surface area contributed by atoms with Crippen LogP contribution in [0.25, 0.3) is 0 Å². The lowest BCUT2D eigenvalue weighted by atomic mass is 9.94. The Morgan fingerprint density at radius 1 is 1.29 bits per heavy atom. The van der Waals surface area contributed by atoms with E-state index in [0.29, 0.717) is 12.8 Å². The molecule has 4 unspecified atom stereocenters. The average Bonchev–Trinajstić information content (AvgIpc) is 3.05. The number of halogens is 1. The summed E-state index contributed by atoms with van der Waals surface area (Å²) in [4.78, 5) is 0.284. The molecule has 0 spiro atoms. The van der Waals surface area contributed by atoms with Crippen molar-refractivity contribution in [1.29, 1.82) is 0 Å². The van der Waals surface area contributed by atoms with E-state index in [-0.39, 0.29) is 23.2 Å². The second-order valence-electron chi connectivity index (χ2n) is 6.73. The van der Waals surface area contributed by atoms with E-state index in [4.69, 9.17) is 4.74 Å². The van der Waals surface area contributed by atoms with E-state index < -0.39 is 16.0 Å². The van der Waals surface area contributed by atoms with Crippen LogP contribution in [0.15, 0.2) is 29.2 Å². The molecule has 2 N–H and O–H groups in total. The Bertz CT molecular complexity index is 644. The van der Waals surface area contributed by atoms with Gasteiger partial charge in [-0.25, -0.2) is 12.8 Å². The average molecular weight is 356 g/mol. The molecule has 1 aromatic carbocycles. The summed E-state index contributed by atoms with van der Waals surface area (Å²) >= 11 is 0. The molecule has 3 rings (SSSR count). The van der Waals surface area contributed by atoms with Crippen molar-refractivity contribution in [2.75, 3.05) is 19.4 Å². The molecule has 2 aliphatic rings. The summed E-state index contributed by atoms with van der Waals surface area (Å²) in [5.74, 6) is 0. The highest BCUT2D eigenvalue weighted by Gasteiger charge is 2.29. The minimum atomic E-state index is -3.21. The molecule has 7 heteroatoms. The third kappa shape index (κ3) is 4.53. The number of ether oxygens (including phenoxy) is 1. The molecule has 2 heterocycles. The molecule has 0 amide bonds. The van der Waals surface area contributed by atoms with Crippen LogP contribution in [0.3, 0.4) is 0 Å². The van der Waals surface area contributed by atoms with E-state index in [2.05, 4.69) is 10.6 Å². The Labute approximate surface area is 142 Å². The number of piperidine rings is 1. The number of rotatable bonds is 5. The van der Waals surface area contributed by atoms with Gasteiger partial charge in [-0.15, -0.1) is 0 Å². The zero-order valence-corrected chi connectivity index (χ0v) is 14.7. The second-order valence-corrected chi connectivity index (χ2v) is 8.74. The van der Waals surface area contributed by atoms with Crippen LogP contribution < -0.4 is 10.6 Å². The zero-order chi connectivity index (χ0) is 17.2. The summed E-state index contributed by atoms with van der Waals surface area (Å²) in [6, 6.07) is 6.59. The van der Waals surface area contributed by atoms with Crippen LogP contribution >= 0.6 is 0 Å². The Morgan fingerprint density at radius 2 is 2.04 bits per heavy atom. The molecule has 1 aromatic rings. The van der Waals surface area contributed by atoms with Gasteiger partial charge in [-0.3, -0.25) is 10.6 Å². The fourth-order valence-corrected chi connectivity index (χ4v) is 4.02. The molecule has 2 saturated heterocycles. The predicted octanol–water partition coefficient (Wildman–Crippen LogP) is 1.95. The maximum Gasteiger partial charge on any atom is 0.175 e. The topological polar surface area (TPSA) is 67.4 Å². The van der Waals surface area contributed by atoms with Crippen molar-refractivity contribution in [3.63, 3.8) is 0 Å². The smallest absolute Gasteiger partial charge is 0.175 e. The maximum absolute atomic E-state index is 14.1. The van der Waals surface area contributed by atoms with Crippen molar-refractivity contribution in [2.45, 2.75) is 55.1 Å². The quantitative estimate of drug-likeness (QED) is 0.844. The van der Waals surface area contributed by atoms with Crippen molar-refractivity contribution in [1.82, 2.24) is 10.6 Å². The molecule has 2 aliphatic heterocycles. The Balaban J connectivity index is 1.62. The lowest BCUT2D eigenvalue weighted by Gasteiger charge is -2.34. The molecule has 0 saturated carbocycles. The first-order chi connectivity index (χ1) is 11.4. The van der Waals surface area contributed by atoms with Crippen LogP contribution in [0.2, 0.25) is 0 Å². The fourth-order valence-electron chi connectivity index (χ4n) is 3.39. The van der Waals surface area contributed by atoms with Gasteiger partial charge in [0.05, 0.1) is 17.2 Å².